The van der Waals surface area contributed by atoms with Crippen LogP contribution in [-0.4, -0.2) is 49.3 Å². The molecular weight excluding hydrogens is 422 g/mol. The maximum Gasteiger partial charge on any atom is 0.310 e. The number of carbonyl (C=O) groups excluding carboxylic acids is 3. The molecule has 1 aromatic carbocycles. The van der Waals surface area contributed by atoms with E-state index in [9.17, 15) is 14.4 Å². The van der Waals surface area contributed by atoms with Crippen molar-refractivity contribution in [3.63, 3.8) is 0 Å². The summed E-state index contributed by atoms with van der Waals surface area (Å²) in [7, 11) is 1.78. The Morgan fingerprint density at radius 2 is 1.85 bits per heavy atom. The molecule has 3 rings (SSSR count). The van der Waals surface area contributed by atoms with E-state index in [-0.39, 0.29) is 18.9 Å². The molecule has 0 fully saturated rings. The summed E-state index contributed by atoms with van der Waals surface area (Å²) in [6, 6.07) is 4.48. The minimum atomic E-state index is -0.943. The van der Waals surface area contributed by atoms with Crippen molar-refractivity contribution in [2.75, 3.05) is 0 Å². The Morgan fingerprint density at radius 1 is 1.18 bits per heavy atom. The van der Waals surface area contributed by atoms with E-state index in [2.05, 4.69) is 10.3 Å². The lowest BCUT2D eigenvalue weighted by Gasteiger charge is -2.35. The van der Waals surface area contributed by atoms with Gasteiger partial charge in [-0.05, 0) is 50.3 Å². The predicted octanol–water partition coefficient (Wildman–Crippen LogP) is 2.69. The van der Waals surface area contributed by atoms with Gasteiger partial charge in [-0.25, -0.2) is 0 Å². The third-order valence-electron chi connectivity index (χ3n) is 5.74. The molecule has 9 heteroatoms. The molecule has 0 aliphatic carbocycles. The number of nitrogens with zero attached hydrogens (tertiary/aromatic N) is 4. The van der Waals surface area contributed by atoms with Gasteiger partial charge in [0.15, 0.2) is 0 Å². The average molecular weight is 456 g/mol. The van der Waals surface area contributed by atoms with Gasteiger partial charge in [-0.3, -0.25) is 19.1 Å². The van der Waals surface area contributed by atoms with Crippen molar-refractivity contribution in [1.82, 2.24) is 19.9 Å². The topological polar surface area (TPSA) is 120 Å². The Labute approximate surface area is 194 Å². The number of ether oxygens (including phenoxy) is 1. The summed E-state index contributed by atoms with van der Waals surface area (Å²) in [6.45, 7) is 11.3. The van der Waals surface area contributed by atoms with Gasteiger partial charge in [0.2, 0.25) is 5.91 Å². The highest BCUT2D eigenvalue weighted by Gasteiger charge is 2.42. The van der Waals surface area contributed by atoms with Gasteiger partial charge in [0.25, 0.3) is 5.91 Å². The van der Waals surface area contributed by atoms with Gasteiger partial charge in [-0.1, -0.05) is 32.1 Å². The molecule has 1 aliphatic rings. The molecule has 0 saturated heterocycles. The standard InChI is InChI=1S/C24H33N5O4/c1-23(2,3)17(22(32)33-24(4,5)6)11-19(20(25)30)29-12-15-10-14(8-9-16(15)21(29)31)18-13-28(7)27-26-18/h8-10,13,17,19H,11-12H2,1-7H3,(H2,25,30). The Bertz CT molecular complexity index is 1080. The fraction of sp³-hybridized carbons (Fsp3) is 0.542. The Kier molecular flexibility index (Phi) is 6.37. The lowest BCUT2D eigenvalue weighted by molar-refractivity contribution is -0.165. The number of nitrogens with two attached hydrogens (primary N) is 1. The van der Waals surface area contributed by atoms with Crippen molar-refractivity contribution in [2.24, 2.45) is 24.1 Å². The summed E-state index contributed by atoms with van der Waals surface area (Å²) in [5.74, 6) is -1.96. The van der Waals surface area contributed by atoms with Crippen molar-refractivity contribution in [3.8, 4) is 11.3 Å². The maximum absolute atomic E-state index is 13.2. The van der Waals surface area contributed by atoms with Crippen molar-refractivity contribution < 1.29 is 19.1 Å². The first kappa shape index (κ1) is 24.4. The summed E-state index contributed by atoms with van der Waals surface area (Å²) in [4.78, 5) is 40.1. The smallest absolute Gasteiger partial charge is 0.310 e. The second-order valence-corrected chi connectivity index (χ2v) is 10.7. The first-order valence-corrected chi connectivity index (χ1v) is 11.0. The minimum Gasteiger partial charge on any atom is -0.460 e. The molecule has 2 aromatic rings. The summed E-state index contributed by atoms with van der Waals surface area (Å²) in [5, 5.41) is 8.07. The first-order chi connectivity index (χ1) is 15.2. The maximum atomic E-state index is 13.2. The number of rotatable bonds is 6. The van der Waals surface area contributed by atoms with E-state index in [1.807, 2.05) is 32.9 Å². The molecule has 2 atom stereocenters. The number of hydrogen-bond donors (Lipinski definition) is 1. The highest BCUT2D eigenvalue weighted by molar-refractivity contribution is 6.01. The normalized spacial score (nSPS) is 15.8. The molecule has 1 aromatic heterocycles. The molecule has 2 N–H and O–H groups in total. The molecule has 2 unspecified atom stereocenters. The van der Waals surface area contributed by atoms with E-state index < -0.39 is 34.9 Å². The van der Waals surface area contributed by atoms with Crippen LogP contribution in [0.15, 0.2) is 24.4 Å². The SMILES string of the molecule is Cn1cc(-c2ccc3c(c2)CN(C(CC(C(=O)OC(C)(C)C)C(C)(C)C)C(N)=O)C3=O)nn1. The van der Waals surface area contributed by atoms with Crippen LogP contribution in [0.4, 0.5) is 0 Å². The molecule has 33 heavy (non-hydrogen) atoms. The first-order valence-electron chi connectivity index (χ1n) is 11.0. The number of aryl methyl sites for hydroxylation is 1. The van der Waals surface area contributed by atoms with E-state index in [1.165, 1.54) is 4.90 Å². The van der Waals surface area contributed by atoms with E-state index in [0.29, 0.717) is 11.3 Å². The number of primary amides is 1. The van der Waals surface area contributed by atoms with Gasteiger partial charge in [0.1, 0.15) is 17.3 Å². The molecule has 0 radical (unpaired) electrons. The molecule has 0 spiro atoms. The quantitative estimate of drug-likeness (QED) is 0.669. The third-order valence-corrected chi connectivity index (χ3v) is 5.74. The van der Waals surface area contributed by atoms with E-state index in [0.717, 1.165) is 11.1 Å². The number of benzene rings is 1. The number of esters is 1. The second kappa shape index (κ2) is 8.61. The summed E-state index contributed by atoms with van der Waals surface area (Å²) < 4.78 is 7.22. The number of fused-ring (bicyclic) bond motifs is 1. The van der Waals surface area contributed by atoms with Crippen LogP contribution >= 0.6 is 0 Å². The molecular formula is C24H33N5O4. The van der Waals surface area contributed by atoms with Gasteiger partial charge < -0.3 is 15.4 Å². The van der Waals surface area contributed by atoms with Gasteiger partial charge in [0, 0.05) is 24.7 Å². The van der Waals surface area contributed by atoms with Crippen LogP contribution in [0.25, 0.3) is 11.3 Å². The summed E-state index contributed by atoms with van der Waals surface area (Å²) >= 11 is 0. The van der Waals surface area contributed by atoms with Crippen LogP contribution in [0.3, 0.4) is 0 Å². The van der Waals surface area contributed by atoms with Crippen LogP contribution in [0, 0.1) is 11.3 Å². The fourth-order valence-electron chi connectivity index (χ4n) is 4.03. The minimum absolute atomic E-state index is 0.0878. The van der Waals surface area contributed by atoms with Crippen LogP contribution < -0.4 is 5.73 Å². The largest absolute Gasteiger partial charge is 0.460 e. The Balaban J connectivity index is 1.88. The molecule has 1 aliphatic heterocycles. The third kappa shape index (κ3) is 5.40. The molecule has 0 saturated carbocycles. The number of aromatic nitrogens is 3. The zero-order valence-electron chi connectivity index (χ0n) is 20.4. The zero-order chi connectivity index (χ0) is 24.7. The molecule has 2 heterocycles. The highest BCUT2D eigenvalue weighted by atomic mass is 16.6. The molecule has 2 amide bonds. The van der Waals surface area contributed by atoms with E-state index >= 15 is 0 Å². The molecule has 0 bridgehead atoms. The van der Waals surface area contributed by atoms with Gasteiger partial charge in [-0.2, -0.15) is 0 Å². The fourth-order valence-corrected chi connectivity index (χ4v) is 4.03. The van der Waals surface area contributed by atoms with Crippen molar-refractivity contribution >= 4 is 17.8 Å². The van der Waals surface area contributed by atoms with E-state index in [1.54, 1.807) is 44.8 Å². The average Bonchev–Trinajstić information content (AvgIpc) is 3.23. The van der Waals surface area contributed by atoms with Gasteiger partial charge >= 0.3 is 5.97 Å². The van der Waals surface area contributed by atoms with Gasteiger partial charge in [-0.15, -0.1) is 5.10 Å². The van der Waals surface area contributed by atoms with Crippen molar-refractivity contribution in [3.05, 3.63) is 35.5 Å². The van der Waals surface area contributed by atoms with Crippen molar-refractivity contribution in [1.29, 1.82) is 0 Å². The number of hydrogen-bond acceptors (Lipinski definition) is 6. The highest BCUT2D eigenvalue weighted by Crippen LogP contribution is 2.36. The summed E-state index contributed by atoms with van der Waals surface area (Å²) in [6.07, 6.45) is 1.88. The Morgan fingerprint density at radius 3 is 2.36 bits per heavy atom. The monoisotopic (exact) mass is 455 g/mol. The van der Waals surface area contributed by atoms with Crippen LogP contribution in [0.1, 0.15) is 63.9 Å². The van der Waals surface area contributed by atoms with E-state index in [4.69, 9.17) is 10.5 Å². The number of carbonyl (C=O) groups is 3. The summed E-state index contributed by atoms with van der Waals surface area (Å²) in [5.41, 5.74) is 7.39. The van der Waals surface area contributed by atoms with Crippen LogP contribution in [-0.2, 0) is 27.9 Å². The van der Waals surface area contributed by atoms with Gasteiger partial charge in [0.05, 0.1) is 12.1 Å². The second-order valence-electron chi connectivity index (χ2n) is 10.7. The Hall–Kier alpha value is -3.23. The predicted molar refractivity (Wildman–Crippen MR) is 123 cm³/mol. The molecule has 178 valence electrons. The van der Waals surface area contributed by atoms with Crippen LogP contribution in [0.2, 0.25) is 0 Å². The van der Waals surface area contributed by atoms with Crippen molar-refractivity contribution in [2.45, 2.75) is 66.2 Å². The zero-order valence-corrected chi connectivity index (χ0v) is 20.4. The van der Waals surface area contributed by atoms with Crippen LogP contribution in [0.5, 0.6) is 0 Å². The lowest BCUT2D eigenvalue weighted by Crippen LogP contribution is -2.48. The lowest BCUT2D eigenvalue weighted by atomic mass is 9.76. The molecule has 9 nitrogen and oxygen atoms in total. The number of amides is 2.